The highest BCUT2D eigenvalue weighted by Crippen LogP contribution is 2.20. The van der Waals surface area contributed by atoms with E-state index in [1.54, 1.807) is 18.2 Å². The van der Waals surface area contributed by atoms with Crippen LogP contribution in [0.1, 0.15) is 11.1 Å². The van der Waals surface area contributed by atoms with Crippen molar-refractivity contribution in [3.05, 3.63) is 75.6 Å². The Labute approximate surface area is 114 Å². The zero-order chi connectivity index (χ0) is 14.5. The normalized spacial score (nSPS) is 11.3. The first-order valence-corrected chi connectivity index (χ1v) is 5.81. The molecule has 2 aromatic rings. The van der Waals surface area contributed by atoms with Crippen LogP contribution in [0.3, 0.4) is 0 Å². The van der Waals surface area contributed by atoms with E-state index in [1.807, 2.05) is 0 Å². The molecule has 0 saturated carbocycles. The van der Waals surface area contributed by atoms with Crippen LogP contribution >= 0.6 is 0 Å². The zero-order valence-corrected chi connectivity index (χ0v) is 10.4. The Morgan fingerprint density at radius 1 is 1.20 bits per heavy atom. The fraction of sp³-hybridized carbons (Fsp3) is 0.0714. The molecule has 0 bridgehead atoms. The van der Waals surface area contributed by atoms with E-state index in [9.17, 15) is 14.5 Å². The largest absolute Gasteiger partial charge is 0.411 e. The lowest BCUT2D eigenvalue weighted by atomic mass is 10.0. The van der Waals surface area contributed by atoms with Gasteiger partial charge in [0.05, 0.1) is 10.6 Å². The third-order valence-electron chi connectivity index (χ3n) is 2.84. The molecule has 0 aliphatic rings. The summed E-state index contributed by atoms with van der Waals surface area (Å²) in [6.45, 7) is 0. The highest BCUT2D eigenvalue weighted by Gasteiger charge is 2.15. The van der Waals surface area contributed by atoms with Gasteiger partial charge in [-0.15, -0.1) is 0 Å². The van der Waals surface area contributed by atoms with Crippen LogP contribution in [0.25, 0.3) is 0 Å². The molecule has 6 heteroatoms. The van der Waals surface area contributed by atoms with E-state index in [4.69, 9.17) is 5.21 Å². The van der Waals surface area contributed by atoms with Crippen LogP contribution in [0, 0.1) is 15.9 Å². The molecular weight excluding hydrogens is 263 g/mol. The third-order valence-corrected chi connectivity index (χ3v) is 2.84. The summed E-state index contributed by atoms with van der Waals surface area (Å²) in [6, 6.07) is 11.6. The maximum absolute atomic E-state index is 12.9. The second-order valence-electron chi connectivity index (χ2n) is 4.12. The smallest absolute Gasteiger partial charge is 0.272 e. The van der Waals surface area contributed by atoms with E-state index in [-0.39, 0.29) is 17.8 Å². The predicted octanol–water partition coefficient (Wildman–Crippen LogP) is 3.15. The average molecular weight is 274 g/mol. The van der Waals surface area contributed by atoms with Crippen molar-refractivity contribution in [1.82, 2.24) is 0 Å². The molecule has 5 nitrogen and oxygen atoms in total. The van der Waals surface area contributed by atoms with Crippen LogP contribution in [-0.2, 0) is 6.42 Å². The van der Waals surface area contributed by atoms with Gasteiger partial charge in [-0.25, -0.2) is 4.39 Å². The summed E-state index contributed by atoms with van der Waals surface area (Å²) in [4.78, 5) is 10.4. The first-order chi connectivity index (χ1) is 9.61. The number of hydrogen-bond donors (Lipinski definition) is 1. The SMILES string of the molecule is O=[N+]([O-])c1ccccc1C/C(=N/O)c1ccc(F)cc1. The van der Waals surface area contributed by atoms with E-state index < -0.39 is 10.7 Å². The summed E-state index contributed by atoms with van der Waals surface area (Å²) in [5.41, 5.74) is 1.12. The number of nitro groups is 1. The van der Waals surface area contributed by atoms with Crippen molar-refractivity contribution < 1.29 is 14.5 Å². The predicted molar refractivity (Wildman–Crippen MR) is 71.5 cm³/mol. The van der Waals surface area contributed by atoms with E-state index in [0.717, 1.165) is 0 Å². The summed E-state index contributed by atoms with van der Waals surface area (Å²) in [5.74, 6) is -0.406. The first kappa shape index (κ1) is 13.7. The molecule has 0 radical (unpaired) electrons. The maximum atomic E-state index is 12.9. The Morgan fingerprint density at radius 2 is 1.85 bits per heavy atom. The van der Waals surface area contributed by atoms with Gasteiger partial charge >= 0.3 is 0 Å². The minimum atomic E-state index is -0.491. The number of halogens is 1. The number of nitro benzene ring substituents is 1. The van der Waals surface area contributed by atoms with Crippen molar-refractivity contribution in [3.63, 3.8) is 0 Å². The summed E-state index contributed by atoms with van der Waals surface area (Å²) >= 11 is 0. The molecule has 0 unspecified atom stereocenters. The van der Waals surface area contributed by atoms with Crippen LogP contribution in [0.4, 0.5) is 10.1 Å². The first-order valence-electron chi connectivity index (χ1n) is 5.81. The molecule has 0 heterocycles. The fourth-order valence-electron chi connectivity index (χ4n) is 1.86. The second kappa shape index (κ2) is 5.92. The zero-order valence-electron chi connectivity index (χ0n) is 10.4. The maximum Gasteiger partial charge on any atom is 0.272 e. The summed E-state index contributed by atoms with van der Waals surface area (Å²) in [5, 5.41) is 23.1. The molecule has 0 aliphatic heterocycles. The molecular formula is C14H11FN2O3. The van der Waals surface area contributed by atoms with E-state index in [2.05, 4.69) is 5.16 Å². The van der Waals surface area contributed by atoms with Crippen molar-refractivity contribution in [2.75, 3.05) is 0 Å². The molecule has 0 amide bonds. The Hall–Kier alpha value is -2.76. The van der Waals surface area contributed by atoms with Crippen LogP contribution in [0.2, 0.25) is 0 Å². The lowest BCUT2D eigenvalue weighted by Crippen LogP contribution is -2.07. The lowest BCUT2D eigenvalue weighted by Gasteiger charge is -2.05. The van der Waals surface area contributed by atoms with Gasteiger partial charge in [-0.05, 0) is 17.7 Å². The minimum Gasteiger partial charge on any atom is -0.411 e. The van der Waals surface area contributed by atoms with Gasteiger partial charge in [0.25, 0.3) is 5.69 Å². The molecule has 0 saturated heterocycles. The number of benzene rings is 2. The van der Waals surface area contributed by atoms with Crippen molar-refractivity contribution in [2.24, 2.45) is 5.16 Å². The third kappa shape index (κ3) is 2.97. The Balaban J connectivity index is 2.32. The van der Waals surface area contributed by atoms with Gasteiger partial charge in [-0.1, -0.05) is 35.5 Å². The van der Waals surface area contributed by atoms with Gasteiger partial charge in [-0.3, -0.25) is 10.1 Å². The number of oxime groups is 1. The molecule has 0 aromatic heterocycles. The highest BCUT2D eigenvalue weighted by molar-refractivity contribution is 6.01. The number of para-hydroxylation sites is 1. The molecule has 0 spiro atoms. The summed E-state index contributed by atoms with van der Waals surface area (Å²) < 4.78 is 12.9. The number of nitrogens with zero attached hydrogens (tertiary/aromatic N) is 2. The topological polar surface area (TPSA) is 75.7 Å². The number of rotatable bonds is 4. The van der Waals surface area contributed by atoms with Crippen molar-refractivity contribution >= 4 is 11.4 Å². The van der Waals surface area contributed by atoms with Gasteiger partial charge in [0, 0.05) is 18.1 Å². The van der Waals surface area contributed by atoms with Crippen LogP contribution in [-0.4, -0.2) is 15.8 Å². The van der Waals surface area contributed by atoms with E-state index >= 15 is 0 Å². The van der Waals surface area contributed by atoms with Crippen LogP contribution in [0.15, 0.2) is 53.7 Å². The van der Waals surface area contributed by atoms with Gasteiger partial charge in [-0.2, -0.15) is 0 Å². The summed E-state index contributed by atoms with van der Waals surface area (Å²) in [6.07, 6.45) is 0.0826. The molecule has 2 aromatic carbocycles. The Bertz CT molecular complexity index is 654. The van der Waals surface area contributed by atoms with Gasteiger partial charge in [0.1, 0.15) is 5.82 Å². The van der Waals surface area contributed by atoms with Gasteiger partial charge < -0.3 is 5.21 Å². The van der Waals surface area contributed by atoms with E-state index in [0.29, 0.717) is 11.1 Å². The second-order valence-corrected chi connectivity index (χ2v) is 4.12. The lowest BCUT2D eigenvalue weighted by molar-refractivity contribution is -0.385. The molecule has 0 fully saturated rings. The highest BCUT2D eigenvalue weighted by atomic mass is 19.1. The molecule has 1 N–H and O–H groups in total. The average Bonchev–Trinajstić information content (AvgIpc) is 2.46. The van der Waals surface area contributed by atoms with Crippen molar-refractivity contribution in [3.8, 4) is 0 Å². The van der Waals surface area contributed by atoms with Crippen molar-refractivity contribution in [2.45, 2.75) is 6.42 Å². The van der Waals surface area contributed by atoms with Crippen LogP contribution in [0.5, 0.6) is 0 Å². The standard InChI is InChI=1S/C14H11FN2O3/c15-12-7-5-10(6-8-12)13(16-18)9-11-3-1-2-4-14(11)17(19)20/h1-8,18H,9H2/b16-13-. The van der Waals surface area contributed by atoms with E-state index in [1.165, 1.54) is 30.3 Å². The number of hydrogen-bond acceptors (Lipinski definition) is 4. The monoisotopic (exact) mass is 274 g/mol. The molecule has 20 heavy (non-hydrogen) atoms. The molecule has 0 aliphatic carbocycles. The molecule has 0 atom stereocenters. The minimum absolute atomic E-state index is 0.0456. The Morgan fingerprint density at radius 3 is 2.45 bits per heavy atom. The fourth-order valence-corrected chi connectivity index (χ4v) is 1.86. The van der Waals surface area contributed by atoms with Gasteiger partial charge in [0.2, 0.25) is 0 Å². The quantitative estimate of drug-likeness (QED) is 0.402. The Kier molecular flexibility index (Phi) is 4.05. The summed E-state index contributed by atoms with van der Waals surface area (Å²) in [7, 11) is 0. The molecule has 102 valence electrons. The van der Waals surface area contributed by atoms with Crippen LogP contribution < -0.4 is 0 Å². The van der Waals surface area contributed by atoms with Crippen molar-refractivity contribution in [1.29, 1.82) is 0 Å². The molecule has 2 rings (SSSR count). The van der Waals surface area contributed by atoms with Gasteiger partial charge in [0.15, 0.2) is 0 Å².